The number of rotatable bonds is 4. The van der Waals surface area contributed by atoms with Crippen molar-refractivity contribution in [3.05, 3.63) is 95.3 Å². The van der Waals surface area contributed by atoms with Crippen LogP contribution < -0.4 is 4.90 Å². The molecule has 2 amide bonds. The van der Waals surface area contributed by atoms with E-state index in [1.807, 2.05) is 30.3 Å². The molecule has 0 fully saturated rings. The fourth-order valence-electron chi connectivity index (χ4n) is 3.11. The maximum absolute atomic E-state index is 12.6. The fourth-order valence-corrected chi connectivity index (χ4v) is 3.11. The summed E-state index contributed by atoms with van der Waals surface area (Å²) in [6, 6.07) is 18.6. The predicted octanol–water partition coefficient (Wildman–Crippen LogP) is 3.67. The van der Waals surface area contributed by atoms with Crippen LogP contribution in [0.2, 0.25) is 0 Å². The van der Waals surface area contributed by atoms with Gasteiger partial charge in [-0.05, 0) is 60.4 Å². The van der Waals surface area contributed by atoms with Crippen LogP contribution in [0.15, 0.2) is 73.1 Å². The molecule has 122 valence electrons. The first-order valence-electron chi connectivity index (χ1n) is 8.20. The lowest BCUT2D eigenvalue weighted by molar-refractivity contribution is 0.0926. The lowest BCUT2D eigenvalue weighted by Gasteiger charge is -2.15. The largest absolute Gasteiger partial charge is 0.268 e. The molecule has 2 aromatic carbocycles. The number of aryl methyl sites for hydroxylation is 2. The summed E-state index contributed by atoms with van der Waals surface area (Å²) < 4.78 is 0. The molecule has 4 rings (SSSR count). The van der Waals surface area contributed by atoms with E-state index in [2.05, 4.69) is 4.98 Å². The average molecular weight is 328 g/mol. The van der Waals surface area contributed by atoms with Crippen molar-refractivity contribution in [1.29, 1.82) is 0 Å². The van der Waals surface area contributed by atoms with Crippen molar-refractivity contribution in [2.45, 2.75) is 12.8 Å². The van der Waals surface area contributed by atoms with Gasteiger partial charge in [-0.25, -0.2) is 4.90 Å². The van der Waals surface area contributed by atoms with Gasteiger partial charge in [0.05, 0.1) is 16.8 Å². The van der Waals surface area contributed by atoms with Crippen LogP contribution in [0.4, 0.5) is 5.69 Å². The van der Waals surface area contributed by atoms with E-state index in [1.54, 1.807) is 42.7 Å². The summed E-state index contributed by atoms with van der Waals surface area (Å²) in [6.07, 6.45) is 5.28. The molecule has 1 aliphatic heterocycles. The minimum atomic E-state index is -0.258. The molecular formula is C21H16N2O2. The Kier molecular flexibility index (Phi) is 3.86. The SMILES string of the molecule is O=C1c2ccccc2C(=O)N1c1cccc(CCc2ccncc2)c1. The predicted molar refractivity (Wildman–Crippen MR) is 95.7 cm³/mol. The summed E-state index contributed by atoms with van der Waals surface area (Å²) in [5.74, 6) is -0.515. The molecule has 3 aromatic rings. The van der Waals surface area contributed by atoms with E-state index in [9.17, 15) is 9.59 Å². The Labute approximate surface area is 145 Å². The third-order valence-corrected chi connectivity index (χ3v) is 4.41. The zero-order chi connectivity index (χ0) is 17.2. The number of aromatic nitrogens is 1. The highest BCUT2D eigenvalue weighted by Crippen LogP contribution is 2.28. The summed E-state index contributed by atoms with van der Waals surface area (Å²) in [4.78, 5) is 30.5. The van der Waals surface area contributed by atoms with Gasteiger partial charge in [-0.3, -0.25) is 14.6 Å². The number of hydrogen-bond acceptors (Lipinski definition) is 3. The molecule has 0 saturated carbocycles. The molecule has 0 radical (unpaired) electrons. The molecule has 2 heterocycles. The minimum Gasteiger partial charge on any atom is -0.268 e. The van der Waals surface area contributed by atoms with Crippen LogP contribution in [-0.4, -0.2) is 16.8 Å². The third-order valence-electron chi connectivity index (χ3n) is 4.41. The number of benzene rings is 2. The normalized spacial score (nSPS) is 13.2. The third kappa shape index (κ3) is 2.83. The Morgan fingerprint density at radius 1 is 0.720 bits per heavy atom. The van der Waals surface area contributed by atoms with Gasteiger partial charge >= 0.3 is 0 Å². The van der Waals surface area contributed by atoms with Crippen LogP contribution in [0.3, 0.4) is 0 Å². The van der Waals surface area contributed by atoms with Crippen molar-refractivity contribution in [3.63, 3.8) is 0 Å². The van der Waals surface area contributed by atoms with Crippen LogP contribution >= 0.6 is 0 Å². The summed E-state index contributed by atoms with van der Waals surface area (Å²) in [5, 5.41) is 0. The van der Waals surface area contributed by atoms with E-state index in [-0.39, 0.29) is 11.8 Å². The molecular weight excluding hydrogens is 312 g/mol. The van der Waals surface area contributed by atoms with Crippen LogP contribution in [0, 0.1) is 0 Å². The Hall–Kier alpha value is -3.27. The lowest BCUT2D eigenvalue weighted by Crippen LogP contribution is -2.29. The van der Waals surface area contributed by atoms with Crippen molar-refractivity contribution < 1.29 is 9.59 Å². The highest BCUT2D eigenvalue weighted by atomic mass is 16.2. The number of carbonyl (C=O) groups excluding carboxylic acids is 2. The van der Waals surface area contributed by atoms with Crippen LogP contribution in [-0.2, 0) is 12.8 Å². The number of amides is 2. The molecule has 0 spiro atoms. The van der Waals surface area contributed by atoms with Crippen LogP contribution in [0.25, 0.3) is 0 Å². The second kappa shape index (κ2) is 6.32. The molecule has 0 saturated heterocycles. The van der Waals surface area contributed by atoms with Gasteiger partial charge in [0, 0.05) is 12.4 Å². The molecule has 1 aliphatic rings. The number of anilines is 1. The van der Waals surface area contributed by atoms with Crippen molar-refractivity contribution in [2.75, 3.05) is 4.90 Å². The monoisotopic (exact) mass is 328 g/mol. The Bertz CT molecular complexity index is 916. The molecule has 1 aromatic heterocycles. The van der Waals surface area contributed by atoms with E-state index in [0.717, 1.165) is 18.4 Å². The van der Waals surface area contributed by atoms with Crippen LogP contribution in [0.5, 0.6) is 0 Å². The van der Waals surface area contributed by atoms with Gasteiger partial charge in [-0.2, -0.15) is 0 Å². The van der Waals surface area contributed by atoms with Crippen molar-refractivity contribution in [3.8, 4) is 0 Å². The van der Waals surface area contributed by atoms with E-state index in [1.165, 1.54) is 10.5 Å². The van der Waals surface area contributed by atoms with Gasteiger partial charge < -0.3 is 0 Å². The van der Waals surface area contributed by atoms with E-state index < -0.39 is 0 Å². The number of carbonyl (C=O) groups is 2. The first kappa shape index (κ1) is 15.3. The second-order valence-corrected chi connectivity index (χ2v) is 6.02. The minimum absolute atomic E-state index is 0.258. The van der Waals surface area contributed by atoms with E-state index >= 15 is 0 Å². The molecule has 0 N–H and O–H groups in total. The molecule has 0 unspecified atom stereocenters. The molecule has 0 bridgehead atoms. The summed E-state index contributed by atoms with van der Waals surface area (Å²) in [6.45, 7) is 0. The highest BCUT2D eigenvalue weighted by Gasteiger charge is 2.36. The van der Waals surface area contributed by atoms with Crippen molar-refractivity contribution in [1.82, 2.24) is 4.98 Å². The molecule has 0 atom stereocenters. The molecule has 4 nitrogen and oxygen atoms in total. The summed E-state index contributed by atoms with van der Waals surface area (Å²) in [5.41, 5.74) is 3.86. The van der Waals surface area contributed by atoms with Crippen LogP contribution in [0.1, 0.15) is 31.8 Å². The number of imide groups is 1. The maximum Gasteiger partial charge on any atom is 0.266 e. The summed E-state index contributed by atoms with van der Waals surface area (Å²) >= 11 is 0. The Morgan fingerprint density at radius 2 is 1.36 bits per heavy atom. The number of pyridine rings is 1. The maximum atomic E-state index is 12.6. The van der Waals surface area contributed by atoms with Gasteiger partial charge in [-0.1, -0.05) is 24.3 Å². The van der Waals surface area contributed by atoms with Gasteiger partial charge in [0.1, 0.15) is 0 Å². The molecule has 4 heteroatoms. The quantitative estimate of drug-likeness (QED) is 0.687. The first-order chi connectivity index (χ1) is 12.2. The number of nitrogens with zero attached hydrogens (tertiary/aromatic N) is 2. The lowest BCUT2D eigenvalue weighted by atomic mass is 10.0. The second-order valence-electron chi connectivity index (χ2n) is 6.02. The zero-order valence-corrected chi connectivity index (χ0v) is 13.6. The van der Waals surface area contributed by atoms with Gasteiger partial charge in [0.15, 0.2) is 0 Å². The highest BCUT2D eigenvalue weighted by molar-refractivity contribution is 6.34. The number of hydrogen-bond donors (Lipinski definition) is 0. The molecule has 0 aliphatic carbocycles. The Balaban J connectivity index is 1.58. The van der Waals surface area contributed by atoms with Crippen molar-refractivity contribution >= 4 is 17.5 Å². The van der Waals surface area contributed by atoms with Gasteiger partial charge in [0.2, 0.25) is 0 Å². The first-order valence-corrected chi connectivity index (χ1v) is 8.20. The number of fused-ring (bicyclic) bond motifs is 1. The standard InChI is InChI=1S/C21H16N2O2/c24-20-18-6-1-2-7-19(18)21(25)23(20)17-5-3-4-16(14-17)9-8-15-10-12-22-13-11-15/h1-7,10-14H,8-9H2. The average Bonchev–Trinajstić information content (AvgIpc) is 2.92. The zero-order valence-electron chi connectivity index (χ0n) is 13.6. The Morgan fingerprint density at radius 3 is 2.04 bits per heavy atom. The van der Waals surface area contributed by atoms with E-state index in [4.69, 9.17) is 0 Å². The summed E-state index contributed by atoms with van der Waals surface area (Å²) in [7, 11) is 0. The van der Waals surface area contributed by atoms with E-state index in [0.29, 0.717) is 16.8 Å². The fraction of sp³-hybridized carbons (Fsp3) is 0.0952. The smallest absolute Gasteiger partial charge is 0.266 e. The van der Waals surface area contributed by atoms with Crippen molar-refractivity contribution in [2.24, 2.45) is 0 Å². The topological polar surface area (TPSA) is 50.3 Å². The van der Waals surface area contributed by atoms with Gasteiger partial charge in [-0.15, -0.1) is 0 Å². The van der Waals surface area contributed by atoms with Gasteiger partial charge in [0.25, 0.3) is 11.8 Å². The molecule has 25 heavy (non-hydrogen) atoms.